The Hall–Kier alpha value is -2.82. The van der Waals surface area contributed by atoms with E-state index in [0.717, 1.165) is 5.56 Å². The van der Waals surface area contributed by atoms with Crippen LogP contribution in [0.25, 0.3) is 12.2 Å². The van der Waals surface area contributed by atoms with Gasteiger partial charge < -0.3 is 64.9 Å². The molecule has 9 N–H and O–H groups in total. The highest BCUT2D eigenvalue weighted by Gasteiger charge is 2.47. The Morgan fingerprint density at radius 2 is 1.23 bits per heavy atom. The van der Waals surface area contributed by atoms with E-state index in [4.69, 9.17) is 18.9 Å². The predicted molar refractivity (Wildman–Crippen MR) is 132 cm³/mol. The number of aliphatic hydroxyl groups excluding tert-OH is 7. The lowest BCUT2D eigenvalue weighted by atomic mass is 9.98. The summed E-state index contributed by atoms with van der Waals surface area (Å²) in [5, 5.41) is 90.0. The lowest BCUT2D eigenvalue weighted by Crippen LogP contribution is -2.62. The van der Waals surface area contributed by atoms with Crippen LogP contribution in [-0.4, -0.2) is 121 Å². The molecule has 39 heavy (non-hydrogen) atoms. The zero-order chi connectivity index (χ0) is 28.3. The monoisotopic (exact) mass is 552 g/mol. The standard InChI is InChI=1S/C26H32O13/c27-10-17-19(30)21(32)23(34)25(38-17)36-11-18-20(31)22(33)24(35)26(39-18)37-16-8-13(7-15(29)9-16)2-1-12-3-5-14(28)6-4-12/h1-9,17-35H,10-11H2/b2-1+/t17-,18+,19-,20+,21+,22-,23-,24+,25-,26+/m1/s1. The van der Waals surface area contributed by atoms with Crippen molar-refractivity contribution in [1.82, 2.24) is 0 Å². The molecule has 2 heterocycles. The molecule has 2 aromatic rings. The van der Waals surface area contributed by atoms with Gasteiger partial charge in [-0.15, -0.1) is 0 Å². The SMILES string of the molecule is OC[C@H]1O[C@@H](OC[C@@H]2O[C@H](Oc3cc(O)cc(/C=C/c4ccc(O)cc4)c3)[C@@H](O)[C@H](O)[C@H]2O)[C@H](O)[C@@H](O)[C@@H]1O. The van der Waals surface area contributed by atoms with Crippen LogP contribution in [0.4, 0.5) is 0 Å². The van der Waals surface area contributed by atoms with E-state index in [-0.39, 0.29) is 17.2 Å². The molecular formula is C26H32O13. The Bertz CT molecular complexity index is 1110. The van der Waals surface area contributed by atoms with Crippen LogP contribution >= 0.6 is 0 Å². The molecule has 0 radical (unpaired) electrons. The Kier molecular flexibility index (Phi) is 9.40. The number of aromatic hydroxyl groups is 2. The number of hydrogen-bond donors (Lipinski definition) is 9. The van der Waals surface area contributed by atoms with Crippen LogP contribution in [0.2, 0.25) is 0 Å². The van der Waals surface area contributed by atoms with Gasteiger partial charge in [-0.05, 0) is 35.4 Å². The van der Waals surface area contributed by atoms with Crippen LogP contribution in [0.5, 0.6) is 17.2 Å². The largest absolute Gasteiger partial charge is 0.508 e. The van der Waals surface area contributed by atoms with Gasteiger partial charge in [0.05, 0.1) is 13.2 Å². The van der Waals surface area contributed by atoms with E-state index in [1.54, 1.807) is 24.3 Å². The molecule has 0 spiro atoms. The molecule has 2 fully saturated rings. The highest BCUT2D eigenvalue weighted by atomic mass is 16.7. The van der Waals surface area contributed by atoms with Crippen LogP contribution in [0.3, 0.4) is 0 Å². The lowest BCUT2D eigenvalue weighted by molar-refractivity contribution is -0.323. The van der Waals surface area contributed by atoms with Crippen molar-refractivity contribution in [3.8, 4) is 17.2 Å². The molecular weight excluding hydrogens is 520 g/mol. The third kappa shape index (κ3) is 6.85. The van der Waals surface area contributed by atoms with E-state index in [2.05, 4.69) is 0 Å². The molecule has 10 atom stereocenters. The fraction of sp³-hybridized carbons (Fsp3) is 0.462. The summed E-state index contributed by atoms with van der Waals surface area (Å²) in [7, 11) is 0. The summed E-state index contributed by atoms with van der Waals surface area (Å²) in [6.07, 6.45) is -12.1. The Morgan fingerprint density at radius 3 is 1.90 bits per heavy atom. The Morgan fingerprint density at radius 1 is 0.641 bits per heavy atom. The van der Waals surface area contributed by atoms with E-state index in [1.165, 1.54) is 30.3 Å². The third-order valence-corrected chi connectivity index (χ3v) is 6.47. The zero-order valence-corrected chi connectivity index (χ0v) is 20.5. The van der Waals surface area contributed by atoms with E-state index >= 15 is 0 Å². The molecule has 0 bridgehead atoms. The van der Waals surface area contributed by atoms with Crippen molar-refractivity contribution in [1.29, 1.82) is 0 Å². The summed E-state index contributed by atoms with van der Waals surface area (Å²) < 4.78 is 21.9. The maximum Gasteiger partial charge on any atom is 0.229 e. The van der Waals surface area contributed by atoms with Gasteiger partial charge in [0.1, 0.15) is 66.1 Å². The van der Waals surface area contributed by atoms with Gasteiger partial charge in [-0.1, -0.05) is 24.3 Å². The maximum absolute atomic E-state index is 10.4. The molecule has 0 unspecified atom stereocenters. The smallest absolute Gasteiger partial charge is 0.229 e. The number of phenolic OH excluding ortho intramolecular Hbond substituents is 2. The van der Waals surface area contributed by atoms with Gasteiger partial charge >= 0.3 is 0 Å². The second kappa shape index (κ2) is 12.6. The summed E-state index contributed by atoms with van der Waals surface area (Å²) in [5.41, 5.74) is 1.30. The van der Waals surface area contributed by atoms with Crippen molar-refractivity contribution >= 4 is 12.2 Å². The van der Waals surface area contributed by atoms with E-state index < -0.39 is 74.6 Å². The topological polar surface area (TPSA) is 219 Å². The zero-order valence-electron chi connectivity index (χ0n) is 20.5. The molecule has 13 heteroatoms. The van der Waals surface area contributed by atoms with Crippen LogP contribution in [0.1, 0.15) is 11.1 Å². The van der Waals surface area contributed by atoms with Crippen molar-refractivity contribution in [2.75, 3.05) is 13.2 Å². The molecule has 13 nitrogen and oxygen atoms in total. The first-order chi connectivity index (χ1) is 18.6. The number of ether oxygens (including phenoxy) is 4. The van der Waals surface area contributed by atoms with Crippen molar-refractivity contribution in [3.05, 3.63) is 53.6 Å². The van der Waals surface area contributed by atoms with Gasteiger partial charge in [0.2, 0.25) is 6.29 Å². The number of aliphatic hydroxyl groups is 7. The minimum Gasteiger partial charge on any atom is -0.508 e. The normalized spacial score (nSPS) is 35.3. The molecule has 2 aliphatic rings. The predicted octanol–water partition coefficient (Wildman–Crippen LogP) is -1.73. The van der Waals surface area contributed by atoms with Gasteiger partial charge in [0.15, 0.2) is 6.29 Å². The Balaban J connectivity index is 1.43. The molecule has 214 valence electrons. The maximum atomic E-state index is 10.4. The quantitative estimate of drug-likeness (QED) is 0.167. The van der Waals surface area contributed by atoms with Crippen LogP contribution < -0.4 is 4.74 Å². The second-order valence-corrected chi connectivity index (χ2v) is 9.35. The number of benzene rings is 2. The van der Waals surface area contributed by atoms with E-state index in [0.29, 0.717) is 5.56 Å². The van der Waals surface area contributed by atoms with Gasteiger partial charge in [-0.2, -0.15) is 0 Å². The molecule has 0 aromatic heterocycles. The second-order valence-electron chi connectivity index (χ2n) is 9.35. The molecule has 2 aliphatic heterocycles. The number of rotatable bonds is 8. The minimum atomic E-state index is -1.72. The summed E-state index contributed by atoms with van der Waals surface area (Å²) in [6, 6.07) is 10.7. The first-order valence-electron chi connectivity index (χ1n) is 12.2. The average Bonchev–Trinajstić information content (AvgIpc) is 2.91. The van der Waals surface area contributed by atoms with Gasteiger partial charge in [0.25, 0.3) is 0 Å². The number of hydrogen-bond acceptors (Lipinski definition) is 13. The highest BCUT2D eigenvalue weighted by Crippen LogP contribution is 2.29. The van der Waals surface area contributed by atoms with Gasteiger partial charge in [0, 0.05) is 6.07 Å². The molecule has 0 saturated carbocycles. The van der Waals surface area contributed by atoms with Crippen LogP contribution in [-0.2, 0) is 14.2 Å². The lowest BCUT2D eigenvalue weighted by Gasteiger charge is -2.42. The Labute approximate surface area is 222 Å². The first-order valence-corrected chi connectivity index (χ1v) is 12.2. The summed E-state index contributed by atoms with van der Waals surface area (Å²) in [4.78, 5) is 0. The van der Waals surface area contributed by atoms with Crippen LogP contribution in [0.15, 0.2) is 42.5 Å². The van der Waals surface area contributed by atoms with E-state index in [1.807, 2.05) is 0 Å². The first kappa shape index (κ1) is 29.2. The molecule has 2 aromatic carbocycles. The summed E-state index contributed by atoms with van der Waals surface area (Å²) in [6.45, 7) is -1.17. The van der Waals surface area contributed by atoms with Crippen molar-refractivity contribution in [2.24, 2.45) is 0 Å². The number of phenols is 2. The molecule has 2 saturated heterocycles. The van der Waals surface area contributed by atoms with Crippen molar-refractivity contribution in [2.45, 2.75) is 61.4 Å². The molecule has 0 aliphatic carbocycles. The minimum absolute atomic E-state index is 0.0709. The summed E-state index contributed by atoms with van der Waals surface area (Å²) >= 11 is 0. The van der Waals surface area contributed by atoms with Crippen LogP contribution in [0, 0.1) is 0 Å². The van der Waals surface area contributed by atoms with Gasteiger partial charge in [-0.25, -0.2) is 0 Å². The average molecular weight is 553 g/mol. The molecule has 0 amide bonds. The fourth-order valence-electron chi connectivity index (χ4n) is 4.23. The molecule has 4 rings (SSSR count). The third-order valence-electron chi connectivity index (χ3n) is 6.47. The van der Waals surface area contributed by atoms with Crippen molar-refractivity contribution < 1.29 is 64.9 Å². The summed E-state index contributed by atoms with van der Waals surface area (Å²) in [5.74, 6) is 0.0308. The van der Waals surface area contributed by atoms with Crippen molar-refractivity contribution in [3.63, 3.8) is 0 Å². The van der Waals surface area contributed by atoms with E-state index in [9.17, 15) is 46.0 Å². The fourth-order valence-corrected chi connectivity index (χ4v) is 4.23. The van der Waals surface area contributed by atoms with Gasteiger partial charge in [-0.3, -0.25) is 0 Å². The highest BCUT2D eigenvalue weighted by molar-refractivity contribution is 5.71.